The zero-order valence-corrected chi connectivity index (χ0v) is 17.4. The van der Waals surface area contributed by atoms with Gasteiger partial charge in [0, 0.05) is 26.7 Å². The molecule has 1 heterocycles. The van der Waals surface area contributed by atoms with Gasteiger partial charge >= 0.3 is 0 Å². The molecule has 0 radical (unpaired) electrons. The first-order chi connectivity index (χ1) is 14.6. The molecule has 0 amide bonds. The highest BCUT2D eigenvalue weighted by atomic mass is 19.3. The fraction of sp³-hybridized carbons (Fsp3) is 0.435. The molecule has 30 heavy (non-hydrogen) atoms. The molecule has 1 fully saturated rings. The monoisotopic (exact) mass is 416 g/mol. The van der Waals surface area contributed by atoms with Crippen LogP contribution in [-0.4, -0.2) is 44.0 Å². The minimum atomic E-state index is -2.48. The van der Waals surface area contributed by atoms with Crippen molar-refractivity contribution in [1.29, 1.82) is 0 Å². The van der Waals surface area contributed by atoms with Crippen LogP contribution in [0, 0.1) is 0 Å². The van der Waals surface area contributed by atoms with Gasteiger partial charge in [-0.1, -0.05) is 36.4 Å². The van der Waals surface area contributed by atoms with Gasteiger partial charge in [0.15, 0.2) is 5.96 Å². The average Bonchev–Trinajstić information content (AvgIpc) is 3.27. The molecule has 1 saturated heterocycles. The molecule has 0 aliphatic carbocycles. The smallest absolute Gasteiger partial charge is 0.272 e. The molecule has 2 aromatic carbocycles. The van der Waals surface area contributed by atoms with E-state index in [0.717, 1.165) is 12.1 Å². The van der Waals surface area contributed by atoms with Gasteiger partial charge in [-0.25, -0.2) is 8.78 Å². The fourth-order valence-corrected chi connectivity index (χ4v) is 3.46. The van der Waals surface area contributed by atoms with E-state index in [2.05, 4.69) is 44.8 Å². The topological polar surface area (TPSA) is 48.9 Å². The Morgan fingerprint density at radius 3 is 2.33 bits per heavy atom. The largest absolute Gasteiger partial charge is 0.488 e. The molecular formula is C23H30F2N4O. The van der Waals surface area contributed by atoms with Crippen LogP contribution in [0.3, 0.4) is 0 Å². The van der Waals surface area contributed by atoms with E-state index in [1.165, 1.54) is 37.1 Å². The molecule has 3 rings (SSSR count). The quantitative estimate of drug-likeness (QED) is 0.482. The van der Waals surface area contributed by atoms with E-state index in [0.29, 0.717) is 24.8 Å². The molecule has 1 aliphatic rings. The number of nitrogens with one attached hydrogen (secondary N) is 2. The predicted molar refractivity (Wildman–Crippen MR) is 116 cm³/mol. The highest BCUT2D eigenvalue weighted by molar-refractivity contribution is 5.79. The van der Waals surface area contributed by atoms with Crippen molar-refractivity contribution in [3.63, 3.8) is 0 Å². The van der Waals surface area contributed by atoms with Crippen LogP contribution in [0.5, 0.6) is 5.75 Å². The van der Waals surface area contributed by atoms with Crippen LogP contribution in [-0.2, 0) is 19.6 Å². The van der Waals surface area contributed by atoms with E-state index >= 15 is 0 Å². The molecule has 0 spiro atoms. The highest BCUT2D eigenvalue weighted by Crippen LogP contribution is 2.15. The number of halogens is 2. The Morgan fingerprint density at radius 1 is 1.00 bits per heavy atom. The van der Waals surface area contributed by atoms with Gasteiger partial charge < -0.3 is 15.4 Å². The Balaban J connectivity index is 1.44. The molecular weight excluding hydrogens is 386 g/mol. The predicted octanol–water partition coefficient (Wildman–Crippen LogP) is 3.79. The molecule has 0 aromatic heterocycles. The van der Waals surface area contributed by atoms with Crippen molar-refractivity contribution in [3.05, 3.63) is 65.2 Å². The number of hydrogen-bond donors (Lipinski definition) is 2. The van der Waals surface area contributed by atoms with Gasteiger partial charge in [-0.3, -0.25) is 9.89 Å². The first kappa shape index (κ1) is 22.0. The normalized spacial score (nSPS) is 14.9. The molecule has 5 nitrogen and oxygen atoms in total. The number of guanidine groups is 1. The summed E-state index contributed by atoms with van der Waals surface area (Å²) in [6.07, 6.45) is 0.131. The van der Waals surface area contributed by atoms with Crippen LogP contribution in [0.25, 0.3) is 0 Å². The SMILES string of the molecule is CN=C(NCc1ccc(CN2CCCC2)cc1)NCc1cccc(OCC(F)F)c1. The summed E-state index contributed by atoms with van der Waals surface area (Å²) in [6, 6.07) is 15.8. The molecule has 0 unspecified atom stereocenters. The maximum Gasteiger partial charge on any atom is 0.272 e. The van der Waals surface area contributed by atoms with Gasteiger partial charge in [0.1, 0.15) is 12.4 Å². The second kappa shape index (κ2) is 11.5. The summed E-state index contributed by atoms with van der Waals surface area (Å²) in [7, 11) is 1.72. The summed E-state index contributed by atoms with van der Waals surface area (Å²) in [6.45, 7) is 4.01. The average molecular weight is 417 g/mol. The number of benzene rings is 2. The van der Waals surface area contributed by atoms with Gasteiger partial charge in [-0.05, 0) is 54.8 Å². The summed E-state index contributed by atoms with van der Waals surface area (Å²) in [4.78, 5) is 6.74. The minimum Gasteiger partial charge on any atom is -0.488 e. The summed E-state index contributed by atoms with van der Waals surface area (Å²) in [5.41, 5.74) is 3.46. The minimum absolute atomic E-state index is 0.437. The van der Waals surface area contributed by atoms with Crippen molar-refractivity contribution in [1.82, 2.24) is 15.5 Å². The first-order valence-corrected chi connectivity index (χ1v) is 10.4. The van der Waals surface area contributed by atoms with Crippen LogP contribution in [0.1, 0.15) is 29.5 Å². The number of ether oxygens (including phenoxy) is 1. The molecule has 1 aliphatic heterocycles. The Morgan fingerprint density at radius 2 is 1.67 bits per heavy atom. The van der Waals surface area contributed by atoms with E-state index in [-0.39, 0.29) is 0 Å². The number of alkyl halides is 2. The van der Waals surface area contributed by atoms with Crippen molar-refractivity contribution in [2.75, 3.05) is 26.7 Å². The maximum atomic E-state index is 12.3. The number of hydrogen-bond acceptors (Lipinski definition) is 3. The number of rotatable bonds is 9. The standard InChI is InChI=1S/C23H30F2N4O/c1-26-23(28-15-20-5-4-6-21(13-20)30-17-22(24)25)27-14-18-7-9-19(10-8-18)16-29-11-2-3-12-29/h4-10,13,22H,2-3,11-12,14-17H2,1H3,(H2,26,27,28). The highest BCUT2D eigenvalue weighted by Gasteiger charge is 2.11. The molecule has 2 N–H and O–H groups in total. The van der Waals surface area contributed by atoms with Crippen LogP contribution >= 0.6 is 0 Å². The van der Waals surface area contributed by atoms with Crippen LogP contribution < -0.4 is 15.4 Å². The molecule has 0 saturated carbocycles. The third kappa shape index (κ3) is 7.30. The van der Waals surface area contributed by atoms with Gasteiger partial charge in [-0.2, -0.15) is 0 Å². The lowest BCUT2D eigenvalue weighted by molar-refractivity contribution is 0.0818. The third-order valence-electron chi connectivity index (χ3n) is 5.05. The van der Waals surface area contributed by atoms with E-state index in [9.17, 15) is 8.78 Å². The Bertz CT molecular complexity index is 805. The molecule has 162 valence electrons. The van der Waals surface area contributed by atoms with Crippen LogP contribution in [0.2, 0.25) is 0 Å². The van der Waals surface area contributed by atoms with Crippen molar-refractivity contribution in [2.45, 2.75) is 38.9 Å². The maximum absolute atomic E-state index is 12.3. The summed E-state index contributed by atoms with van der Waals surface area (Å²) in [5, 5.41) is 6.54. The van der Waals surface area contributed by atoms with Crippen molar-refractivity contribution in [2.24, 2.45) is 4.99 Å². The Kier molecular flexibility index (Phi) is 8.44. The third-order valence-corrected chi connectivity index (χ3v) is 5.05. The van der Waals surface area contributed by atoms with E-state index in [1.54, 1.807) is 25.2 Å². The second-order valence-corrected chi connectivity index (χ2v) is 7.43. The lowest BCUT2D eigenvalue weighted by Crippen LogP contribution is -2.36. The molecule has 7 heteroatoms. The van der Waals surface area contributed by atoms with Gasteiger partial charge in [-0.15, -0.1) is 0 Å². The van der Waals surface area contributed by atoms with E-state index in [4.69, 9.17) is 4.74 Å². The number of nitrogens with zero attached hydrogens (tertiary/aromatic N) is 2. The first-order valence-electron chi connectivity index (χ1n) is 10.4. The van der Waals surface area contributed by atoms with Crippen molar-refractivity contribution in [3.8, 4) is 5.75 Å². The summed E-state index contributed by atoms with van der Waals surface area (Å²) < 4.78 is 29.7. The molecule has 2 aromatic rings. The fourth-order valence-electron chi connectivity index (χ4n) is 3.46. The second-order valence-electron chi connectivity index (χ2n) is 7.43. The lowest BCUT2D eigenvalue weighted by Gasteiger charge is -2.15. The summed E-state index contributed by atoms with van der Waals surface area (Å²) in [5.74, 6) is 1.11. The molecule has 0 atom stereocenters. The van der Waals surface area contributed by atoms with Gasteiger partial charge in [0.2, 0.25) is 0 Å². The van der Waals surface area contributed by atoms with Crippen LogP contribution in [0.4, 0.5) is 8.78 Å². The van der Waals surface area contributed by atoms with Crippen molar-refractivity contribution >= 4 is 5.96 Å². The number of likely N-dealkylation sites (tertiary alicyclic amines) is 1. The zero-order chi connectivity index (χ0) is 21.2. The molecule has 0 bridgehead atoms. The zero-order valence-electron chi connectivity index (χ0n) is 17.4. The van der Waals surface area contributed by atoms with Crippen LogP contribution in [0.15, 0.2) is 53.5 Å². The lowest BCUT2D eigenvalue weighted by atomic mass is 10.1. The summed E-state index contributed by atoms with van der Waals surface area (Å²) >= 11 is 0. The van der Waals surface area contributed by atoms with Gasteiger partial charge in [0.25, 0.3) is 6.43 Å². The van der Waals surface area contributed by atoms with E-state index < -0.39 is 13.0 Å². The number of aliphatic imine (C=N–C) groups is 1. The van der Waals surface area contributed by atoms with Crippen molar-refractivity contribution < 1.29 is 13.5 Å². The van der Waals surface area contributed by atoms with Gasteiger partial charge in [0.05, 0.1) is 0 Å². The van der Waals surface area contributed by atoms with E-state index in [1.807, 2.05) is 6.07 Å². The Labute approximate surface area is 177 Å². The Hall–Kier alpha value is -2.67.